The van der Waals surface area contributed by atoms with Crippen LogP contribution in [0.4, 0.5) is 0 Å². The molecule has 0 fully saturated rings. The second-order valence-electron chi connectivity index (χ2n) is 6.35. The first-order chi connectivity index (χ1) is 13.1. The van der Waals surface area contributed by atoms with Crippen molar-refractivity contribution in [3.05, 3.63) is 65.7 Å². The van der Waals surface area contributed by atoms with E-state index >= 15 is 0 Å². The van der Waals surface area contributed by atoms with Crippen LogP contribution in [0.5, 0.6) is 5.75 Å². The first-order valence-corrected chi connectivity index (χ1v) is 9.33. The van der Waals surface area contributed by atoms with E-state index in [1.807, 2.05) is 68.4 Å². The van der Waals surface area contributed by atoms with Gasteiger partial charge in [-0.15, -0.1) is 0 Å². The summed E-state index contributed by atoms with van der Waals surface area (Å²) in [4.78, 5) is 27.3. The van der Waals surface area contributed by atoms with Gasteiger partial charge >= 0.3 is 0 Å². The van der Waals surface area contributed by atoms with Gasteiger partial charge in [-0.1, -0.05) is 49.4 Å². The fourth-order valence-corrected chi connectivity index (χ4v) is 3.05. The number of hydrogen-bond donors (Lipinski definition) is 1. The van der Waals surface area contributed by atoms with E-state index in [4.69, 9.17) is 4.74 Å². The Morgan fingerprint density at radius 3 is 2.37 bits per heavy atom. The average molecular weight is 368 g/mol. The van der Waals surface area contributed by atoms with Crippen LogP contribution in [0.3, 0.4) is 0 Å². The fraction of sp³-hybridized carbons (Fsp3) is 0.364. The molecule has 0 bridgehead atoms. The molecular formula is C22H28N2O3. The van der Waals surface area contributed by atoms with Crippen molar-refractivity contribution < 1.29 is 14.3 Å². The van der Waals surface area contributed by atoms with Crippen LogP contribution in [0.2, 0.25) is 0 Å². The minimum absolute atomic E-state index is 0.0675. The molecule has 144 valence electrons. The van der Waals surface area contributed by atoms with Gasteiger partial charge in [0.2, 0.25) is 11.8 Å². The summed E-state index contributed by atoms with van der Waals surface area (Å²) in [5, 5.41) is 2.85. The maximum atomic E-state index is 13.1. The van der Waals surface area contributed by atoms with Crippen LogP contribution in [0, 0.1) is 0 Å². The van der Waals surface area contributed by atoms with Gasteiger partial charge in [-0.2, -0.15) is 0 Å². The van der Waals surface area contributed by atoms with E-state index in [-0.39, 0.29) is 18.2 Å². The zero-order valence-corrected chi connectivity index (χ0v) is 16.3. The van der Waals surface area contributed by atoms with E-state index in [0.717, 1.165) is 16.9 Å². The standard InChI is InChI=1S/C22H28N2O3/c1-4-20(22(26)23-5-2)24(16-18-12-9-13-19(14-18)27-3)21(25)15-17-10-7-6-8-11-17/h6-14,20H,4-5,15-16H2,1-3H3,(H,23,26)/t20-/m1/s1. The normalized spacial score (nSPS) is 11.5. The van der Waals surface area contributed by atoms with Crippen LogP contribution >= 0.6 is 0 Å². The SMILES string of the molecule is CCNC(=O)[C@@H](CC)N(Cc1cccc(OC)c1)C(=O)Cc1ccccc1. The molecule has 0 spiro atoms. The fourth-order valence-electron chi connectivity index (χ4n) is 3.05. The molecule has 0 heterocycles. The van der Waals surface area contributed by atoms with E-state index in [9.17, 15) is 9.59 Å². The van der Waals surface area contributed by atoms with E-state index in [1.54, 1.807) is 12.0 Å². The number of benzene rings is 2. The molecule has 2 rings (SSSR count). The van der Waals surface area contributed by atoms with Crippen molar-refractivity contribution in [2.75, 3.05) is 13.7 Å². The maximum Gasteiger partial charge on any atom is 0.242 e. The molecule has 5 nitrogen and oxygen atoms in total. The zero-order chi connectivity index (χ0) is 19.6. The third-order valence-electron chi connectivity index (χ3n) is 4.42. The summed E-state index contributed by atoms with van der Waals surface area (Å²) in [6.07, 6.45) is 0.817. The summed E-state index contributed by atoms with van der Waals surface area (Å²) in [6, 6.07) is 16.7. The molecule has 5 heteroatoms. The van der Waals surface area contributed by atoms with Crippen LogP contribution in [-0.2, 0) is 22.6 Å². The van der Waals surface area contributed by atoms with Crippen molar-refractivity contribution in [3.8, 4) is 5.75 Å². The smallest absolute Gasteiger partial charge is 0.242 e. The van der Waals surface area contributed by atoms with Gasteiger partial charge in [0.05, 0.1) is 13.5 Å². The lowest BCUT2D eigenvalue weighted by molar-refractivity contribution is -0.140. The van der Waals surface area contributed by atoms with Crippen molar-refractivity contribution in [1.82, 2.24) is 10.2 Å². The number of rotatable bonds is 9. The van der Waals surface area contributed by atoms with Gasteiger partial charge < -0.3 is 15.0 Å². The van der Waals surface area contributed by atoms with Crippen molar-refractivity contribution in [1.29, 1.82) is 0 Å². The van der Waals surface area contributed by atoms with Gasteiger partial charge in [0, 0.05) is 13.1 Å². The Morgan fingerprint density at radius 2 is 1.74 bits per heavy atom. The summed E-state index contributed by atoms with van der Waals surface area (Å²) < 4.78 is 5.28. The molecule has 1 N–H and O–H groups in total. The lowest BCUT2D eigenvalue weighted by Gasteiger charge is -2.30. The predicted molar refractivity (Wildman–Crippen MR) is 106 cm³/mol. The van der Waals surface area contributed by atoms with Gasteiger partial charge in [0.15, 0.2) is 0 Å². The first kappa shape index (κ1) is 20.5. The molecule has 0 aliphatic rings. The van der Waals surface area contributed by atoms with E-state index in [0.29, 0.717) is 19.5 Å². The number of hydrogen-bond acceptors (Lipinski definition) is 3. The highest BCUT2D eigenvalue weighted by molar-refractivity contribution is 5.88. The quantitative estimate of drug-likeness (QED) is 0.740. The van der Waals surface area contributed by atoms with Crippen LogP contribution in [-0.4, -0.2) is 36.4 Å². The topological polar surface area (TPSA) is 58.6 Å². The minimum Gasteiger partial charge on any atom is -0.497 e. The molecule has 0 radical (unpaired) electrons. The predicted octanol–water partition coefficient (Wildman–Crippen LogP) is 3.18. The molecule has 0 unspecified atom stereocenters. The highest BCUT2D eigenvalue weighted by atomic mass is 16.5. The summed E-state index contributed by atoms with van der Waals surface area (Å²) in [5.41, 5.74) is 1.86. The van der Waals surface area contributed by atoms with Gasteiger partial charge in [0.1, 0.15) is 11.8 Å². The molecule has 0 saturated heterocycles. The van der Waals surface area contributed by atoms with E-state index < -0.39 is 6.04 Å². The molecule has 0 aliphatic carbocycles. The number of amides is 2. The molecule has 2 aromatic carbocycles. The summed E-state index contributed by atoms with van der Waals surface area (Å²) in [5.74, 6) is 0.542. The molecular weight excluding hydrogens is 340 g/mol. The molecule has 2 aromatic rings. The number of nitrogens with one attached hydrogen (secondary N) is 1. The Kier molecular flexibility index (Phi) is 7.86. The largest absolute Gasteiger partial charge is 0.497 e. The van der Waals surface area contributed by atoms with Crippen molar-refractivity contribution in [3.63, 3.8) is 0 Å². The summed E-state index contributed by atoms with van der Waals surface area (Å²) in [6.45, 7) is 4.70. The van der Waals surface area contributed by atoms with Crippen LogP contribution in [0.25, 0.3) is 0 Å². The van der Waals surface area contributed by atoms with Gasteiger partial charge in [-0.25, -0.2) is 0 Å². The lowest BCUT2D eigenvalue weighted by atomic mass is 10.1. The Morgan fingerprint density at radius 1 is 1.04 bits per heavy atom. The van der Waals surface area contributed by atoms with Gasteiger partial charge in [-0.3, -0.25) is 9.59 Å². The highest BCUT2D eigenvalue weighted by Crippen LogP contribution is 2.18. The Balaban J connectivity index is 2.28. The first-order valence-electron chi connectivity index (χ1n) is 9.33. The molecule has 0 saturated carbocycles. The maximum absolute atomic E-state index is 13.1. The molecule has 0 aromatic heterocycles. The number of nitrogens with zero attached hydrogens (tertiary/aromatic N) is 1. The van der Waals surface area contributed by atoms with Crippen molar-refractivity contribution in [2.24, 2.45) is 0 Å². The molecule has 27 heavy (non-hydrogen) atoms. The van der Waals surface area contributed by atoms with E-state index in [1.165, 1.54) is 0 Å². The summed E-state index contributed by atoms with van der Waals surface area (Å²) in [7, 11) is 1.61. The van der Waals surface area contributed by atoms with E-state index in [2.05, 4.69) is 5.32 Å². The zero-order valence-electron chi connectivity index (χ0n) is 16.3. The average Bonchev–Trinajstić information content (AvgIpc) is 2.69. The number of likely N-dealkylation sites (N-methyl/N-ethyl adjacent to an activating group) is 1. The number of carbonyl (C=O) groups is 2. The minimum atomic E-state index is -0.507. The Hall–Kier alpha value is -2.82. The van der Waals surface area contributed by atoms with Crippen LogP contribution in [0.1, 0.15) is 31.4 Å². The monoisotopic (exact) mass is 368 g/mol. The number of ether oxygens (including phenoxy) is 1. The summed E-state index contributed by atoms with van der Waals surface area (Å²) >= 11 is 0. The third kappa shape index (κ3) is 5.84. The van der Waals surface area contributed by atoms with Crippen LogP contribution in [0.15, 0.2) is 54.6 Å². The number of methoxy groups -OCH3 is 1. The molecule has 0 aliphatic heterocycles. The highest BCUT2D eigenvalue weighted by Gasteiger charge is 2.28. The number of carbonyl (C=O) groups excluding carboxylic acids is 2. The van der Waals surface area contributed by atoms with Gasteiger partial charge in [0.25, 0.3) is 0 Å². The lowest BCUT2D eigenvalue weighted by Crippen LogP contribution is -2.49. The molecule has 2 amide bonds. The van der Waals surface area contributed by atoms with Gasteiger partial charge in [-0.05, 0) is 36.6 Å². The second kappa shape index (κ2) is 10.4. The molecule has 1 atom stereocenters. The van der Waals surface area contributed by atoms with Crippen LogP contribution < -0.4 is 10.1 Å². The van der Waals surface area contributed by atoms with Crippen molar-refractivity contribution in [2.45, 2.75) is 39.3 Å². The van der Waals surface area contributed by atoms with Crippen molar-refractivity contribution >= 4 is 11.8 Å². The Labute approximate surface area is 161 Å². The third-order valence-corrected chi connectivity index (χ3v) is 4.42. The Bertz CT molecular complexity index is 746. The second-order valence-corrected chi connectivity index (χ2v) is 6.35.